The fourth-order valence-corrected chi connectivity index (χ4v) is 1.79. The second-order valence-corrected chi connectivity index (χ2v) is 4.50. The van der Waals surface area contributed by atoms with Crippen molar-refractivity contribution in [3.8, 4) is 11.6 Å². The summed E-state index contributed by atoms with van der Waals surface area (Å²) in [5.74, 6) is -1.63. The molecule has 2 aromatic rings. The molecular weight excluding hydrogens is 286 g/mol. The Balaban J connectivity index is 2.14. The third-order valence-electron chi connectivity index (χ3n) is 2.55. The number of nitrogens with one attached hydrogen (secondary N) is 1. The highest BCUT2D eigenvalue weighted by Gasteiger charge is 2.09. The van der Waals surface area contributed by atoms with E-state index in [1.54, 1.807) is 12.3 Å². The van der Waals surface area contributed by atoms with Crippen molar-refractivity contribution in [2.45, 2.75) is 13.5 Å². The summed E-state index contributed by atoms with van der Waals surface area (Å²) < 4.78 is 31.2. The minimum absolute atomic E-state index is 0.137. The highest BCUT2D eigenvalue weighted by atomic mass is 35.5. The number of pyridine rings is 1. The Hall–Kier alpha value is -1.72. The molecule has 106 valence electrons. The first-order chi connectivity index (χ1) is 9.60. The molecule has 1 aromatic carbocycles. The van der Waals surface area contributed by atoms with Crippen molar-refractivity contribution < 1.29 is 13.5 Å². The van der Waals surface area contributed by atoms with Crippen molar-refractivity contribution in [1.82, 2.24) is 10.3 Å². The molecule has 1 aromatic heterocycles. The maximum atomic E-state index is 13.1. The molecule has 0 radical (unpaired) electrons. The monoisotopic (exact) mass is 298 g/mol. The predicted octanol–water partition coefficient (Wildman–Crippen LogP) is 3.92. The van der Waals surface area contributed by atoms with Crippen molar-refractivity contribution in [2.24, 2.45) is 0 Å². The van der Waals surface area contributed by atoms with Crippen molar-refractivity contribution in [3.05, 3.63) is 52.7 Å². The minimum atomic E-state index is -0.984. The Morgan fingerprint density at radius 3 is 2.70 bits per heavy atom. The number of benzene rings is 1. The fourth-order valence-electron chi connectivity index (χ4n) is 1.56. The third-order valence-corrected chi connectivity index (χ3v) is 2.82. The third kappa shape index (κ3) is 3.65. The molecule has 0 atom stereocenters. The van der Waals surface area contributed by atoms with Crippen LogP contribution in [0.15, 0.2) is 30.5 Å². The number of hydrogen-bond acceptors (Lipinski definition) is 3. The summed E-state index contributed by atoms with van der Waals surface area (Å²) >= 11 is 6.05. The van der Waals surface area contributed by atoms with Crippen molar-refractivity contribution >= 4 is 11.6 Å². The zero-order valence-corrected chi connectivity index (χ0v) is 11.5. The molecule has 0 saturated heterocycles. The van der Waals surface area contributed by atoms with Gasteiger partial charge in [0.05, 0.1) is 0 Å². The van der Waals surface area contributed by atoms with Gasteiger partial charge >= 0.3 is 0 Å². The van der Waals surface area contributed by atoms with Gasteiger partial charge in [0, 0.05) is 18.8 Å². The van der Waals surface area contributed by atoms with E-state index in [9.17, 15) is 8.78 Å². The quantitative estimate of drug-likeness (QED) is 0.908. The molecule has 3 nitrogen and oxygen atoms in total. The molecule has 0 spiro atoms. The summed E-state index contributed by atoms with van der Waals surface area (Å²) in [4.78, 5) is 4.07. The first kappa shape index (κ1) is 14.7. The van der Waals surface area contributed by atoms with Crippen LogP contribution in [-0.4, -0.2) is 11.5 Å². The second-order valence-electron chi connectivity index (χ2n) is 4.09. The van der Waals surface area contributed by atoms with Gasteiger partial charge in [0.15, 0.2) is 11.6 Å². The van der Waals surface area contributed by atoms with Crippen LogP contribution in [0.3, 0.4) is 0 Å². The lowest BCUT2D eigenvalue weighted by Gasteiger charge is -2.08. The SMILES string of the molecule is CCNCc1cnc(Oc2ccc(F)c(F)c2)c(Cl)c1. The van der Waals surface area contributed by atoms with Crippen LogP contribution >= 0.6 is 11.6 Å². The van der Waals surface area contributed by atoms with E-state index in [4.69, 9.17) is 16.3 Å². The standard InChI is InChI=1S/C14H13ClF2N2O/c1-2-18-7-9-5-11(15)14(19-8-9)20-10-3-4-12(16)13(17)6-10/h3-6,8,18H,2,7H2,1H3. The summed E-state index contributed by atoms with van der Waals surface area (Å²) in [7, 11) is 0. The van der Waals surface area contributed by atoms with Crippen LogP contribution in [0.4, 0.5) is 8.78 Å². The molecule has 2 rings (SSSR count). The zero-order valence-electron chi connectivity index (χ0n) is 10.8. The lowest BCUT2D eigenvalue weighted by Crippen LogP contribution is -2.11. The summed E-state index contributed by atoms with van der Waals surface area (Å²) in [5, 5.41) is 3.45. The number of halogens is 3. The molecule has 1 heterocycles. The summed E-state index contributed by atoms with van der Waals surface area (Å²) in [6.45, 7) is 3.48. The van der Waals surface area contributed by atoms with Gasteiger partial charge in [-0.1, -0.05) is 18.5 Å². The molecule has 0 unspecified atom stereocenters. The van der Waals surface area contributed by atoms with Gasteiger partial charge < -0.3 is 10.1 Å². The highest BCUT2D eigenvalue weighted by Crippen LogP contribution is 2.28. The molecule has 0 bridgehead atoms. The molecule has 20 heavy (non-hydrogen) atoms. The minimum Gasteiger partial charge on any atom is -0.437 e. The van der Waals surface area contributed by atoms with E-state index in [1.807, 2.05) is 6.92 Å². The Labute approximate surface area is 120 Å². The summed E-state index contributed by atoms with van der Waals surface area (Å²) in [6.07, 6.45) is 1.61. The van der Waals surface area contributed by atoms with E-state index in [0.29, 0.717) is 11.6 Å². The first-order valence-electron chi connectivity index (χ1n) is 6.08. The van der Waals surface area contributed by atoms with Gasteiger partial charge in [-0.05, 0) is 30.3 Å². The van der Waals surface area contributed by atoms with Gasteiger partial charge in [0.25, 0.3) is 0 Å². The van der Waals surface area contributed by atoms with E-state index < -0.39 is 11.6 Å². The maximum Gasteiger partial charge on any atom is 0.238 e. The van der Waals surface area contributed by atoms with Gasteiger partial charge in [-0.3, -0.25) is 0 Å². The van der Waals surface area contributed by atoms with Crippen LogP contribution in [0.1, 0.15) is 12.5 Å². The van der Waals surface area contributed by atoms with Crippen LogP contribution in [0.25, 0.3) is 0 Å². The molecule has 0 amide bonds. The van der Waals surface area contributed by atoms with Gasteiger partial charge in [0.2, 0.25) is 5.88 Å². The Bertz CT molecular complexity index is 608. The molecule has 0 fully saturated rings. The molecular formula is C14H13ClF2N2O. The van der Waals surface area contributed by atoms with E-state index in [2.05, 4.69) is 10.3 Å². The largest absolute Gasteiger partial charge is 0.437 e. The number of aromatic nitrogens is 1. The average molecular weight is 299 g/mol. The van der Waals surface area contributed by atoms with Crippen LogP contribution in [0.5, 0.6) is 11.6 Å². The topological polar surface area (TPSA) is 34.2 Å². The lowest BCUT2D eigenvalue weighted by molar-refractivity contribution is 0.447. The number of ether oxygens (including phenoxy) is 1. The predicted molar refractivity (Wildman–Crippen MR) is 73.1 cm³/mol. The van der Waals surface area contributed by atoms with E-state index in [1.165, 1.54) is 6.07 Å². The van der Waals surface area contributed by atoms with Crippen molar-refractivity contribution in [3.63, 3.8) is 0 Å². The molecule has 0 aliphatic rings. The second kappa shape index (κ2) is 6.63. The Morgan fingerprint density at radius 1 is 1.25 bits per heavy atom. The van der Waals surface area contributed by atoms with Crippen molar-refractivity contribution in [2.75, 3.05) is 6.54 Å². The molecule has 6 heteroatoms. The fraction of sp³-hybridized carbons (Fsp3) is 0.214. The normalized spacial score (nSPS) is 10.6. The molecule has 0 saturated carbocycles. The maximum absolute atomic E-state index is 13.1. The first-order valence-corrected chi connectivity index (χ1v) is 6.46. The number of rotatable bonds is 5. The van der Waals surface area contributed by atoms with Gasteiger partial charge in [0.1, 0.15) is 10.8 Å². The number of nitrogens with zero attached hydrogens (tertiary/aromatic N) is 1. The number of hydrogen-bond donors (Lipinski definition) is 1. The molecule has 1 N–H and O–H groups in total. The Kier molecular flexibility index (Phi) is 4.87. The van der Waals surface area contributed by atoms with Gasteiger partial charge in [-0.2, -0.15) is 0 Å². The van der Waals surface area contributed by atoms with Crippen LogP contribution < -0.4 is 10.1 Å². The Morgan fingerprint density at radius 2 is 2.05 bits per heavy atom. The average Bonchev–Trinajstić information content (AvgIpc) is 2.43. The van der Waals surface area contributed by atoms with E-state index >= 15 is 0 Å². The van der Waals surface area contributed by atoms with E-state index in [-0.39, 0.29) is 11.6 Å². The van der Waals surface area contributed by atoms with Crippen LogP contribution in [0, 0.1) is 11.6 Å². The van der Waals surface area contributed by atoms with Gasteiger partial charge in [-0.25, -0.2) is 13.8 Å². The summed E-state index contributed by atoms with van der Waals surface area (Å²) in [6, 6.07) is 4.95. The van der Waals surface area contributed by atoms with Crippen molar-refractivity contribution in [1.29, 1.82) is 0 Å². The van der Waals surface area contributed by atoms with Crippen LogP contribution in [0.2, 0.25) is 5.02 Å². The smallest absolute Gasteiger partial charge is 0.238 e. The van der Waals surface area contributed by atoms with Crippen LogP contribution in [-0.2, 0) is 6.54 Å². The highest BCUT2D eigenvalue weighted by molar-refractivity contribution is 6.31. The summed E-state index contributed by atoms with van der Waals surface area (Å²) in [5.41, 5.74) is 0.912. The molecule has 0 aliphatic heterocycles. The zero-order chi connectivity index (χ0) is 14.5. The molecule has 0 aliphatic carbocycles. The lowest BCUT2D eigenvalue weighted by atomic mass is 10.3. The van der Waals surface area contributed by atoms with Gasteiger partial charge in [-0.15, -0.1) is 0 Å². The van der Waals surface area contributed by atoms with E-state index in [0.717, 1.165) is 24.2 Å².